The largest absolute Gasteiger partial charge is 0.488 e. The van der Waals surface area contributed by atoms with Gasteiger partial charge >= 0.3 is 0 Å². The zero-order valence-corrected chi connectivity index (χ0v) is 15.9. The Kier molecular flexibility index (Phi) is 6.26. The van der Waals surface area contributed by atoms with E-state index in [0.29, 0.717) is 23.9 Å². The molecule has 3 aromatic rings. The molecule has 0 aliphatic heterocycles. The molecule has 6 heteroatoms. The van der Waals surface area contributed by atoms with E-state index in [4.69, 9.17) is 16.3 Å². The minimum atomic E-state index is -0.145. The summed E-state index contributed by atoms with van der Waals surface area (Å²) in [6, 6.07) is 15.3. The maximum absolute atomic E-state index is 12.1. The van der Waals surface area contributed by atoms with Crippen LogP contribution in [-0.2, 0) is 6.61 Å². The second-order valence-corrected chi connectivity index (χ2v) is 7.00. The molecule has 1 aromatic heterocycles. The van der Waals surface area contributed by atoms with Crippen LogP contribution in [0.2, 0.25) is 5.02 Å². The molecule has 0 saturated carbocycles. The molecule has 1 N–H and O–H groups in total. The van der Waals surface area contributed by atoms with Gasteiger partial charge in [0.05, 0.1) is 5.56 Å². The molecule has 4 nitrogen and oxygen atoms in total. The van der Waals surface area contributed by atoms with Gasteiger partial charge in [0.1, 0.15) is 23.1 Å². The van der Waals surface area contributed by atoms with Crippen molar-refractivity contribution in [2.24, 2.45) is 0 Å². The van der Waals surface area contributed by atoms with Gasteiger partial charge in [-0.15, -0.1) is 11.3 Å². The van der Waals surface area contributed by atoms with Gasteiger partial charge in [-0.2, -0.15) is 0 Å². The Balaban J connectivity index is 1.75. The molecule has 0 unspecified atom stereocenters. The first-order valence-corrected chi connectivity index (χ1v) is 9.63. The number of halogens is 1. The fourth-order valence-corrected chi connectivity index (χ4v) is 3.30. The van der Waals surface area contributed by atoms with E-state index in [-0.39, 0.29) is 5.91 Å². The van der Waals surface area contributed by atoms with Gasteiger partial charge in [-0.1, -0.05) is 42.8 Å². The first-order chi connectivity index (χ1) is 12.7. The summed E-state index contributed by atoms with van der Waals surface area (Å²) in [4.78, 5) is 16.5. The average Bonchev–Trinajstić information content (AvgIpc) is 3.16. The van der Waals surface area contributed by atoms with Crippen LogP contribution in [0.5, 0.6) is 5.75 Å². The van der Waals surface area contributed by atoms with Crippen molar-refractivity contribution in [3.63, 3.8) is 0 Å². The summed E-state index contributed by atoms with van der Waals surface area (Å²) in [6.07, 6.45) is 0.893. The zero-order chi connectivity index (χ0) is 18.4. The third kappa shape index (κ3) is 4.62. The molecule has 26 heavy (non-hydrogen) atoms. The lowest BCUT2D eigenvalue weighted by atomic mass is 10.2. The number of para-hydroxylation sites is 1. The highest BCUT2D eigenvalue weighted by molar-refractivity contribution is 7.13. The predicted octanol–water partition coefficient (Wildman–Crippen LogP) is 5.18. The zero-order valence-electron chi connectivity index (χ0n) is 14.4. The van der Waals surface area contributed by atoms with E-state index in [1.807, 2.05) is 55.5 Å². The van der Waals surface area contributed by atoms with Gasteiger partial charge in [0, 0.05) is 16.9 Å². The lowest BCUT2D eigenvalue weighted by Crippen LogP contribution is -2.24. The van der Waals surface area contributed by atoms with E-state index in [0.717, 1.165) is 28.3 Å². The highest BCUT2D eigenvalue weighted by atomic mass is 35.5. The van der Waals surface area contributed by atoms with Crippen molar-refractivity contribution in [2.45, 2.75) is 20.0 Å². The number of nitrogens with one attached hydrogen (secondary N) is 1. The van der Waals surface area contributed by atoms with E-state index in [9.17, 15) is 4.79 Å². The standard InChI is InChI=1S/C20H19ClN2O2S/c1-2-11-22-19(24)17-13-26-20(23-17)16-5-3-4-6-18(16)25-12-14-7-9-15(21)10-8-14/h3-10,13H,2,11-12H2,1H3,(H,22,24). The minimum absolute atomic E-state index is 0.145. The summed E-state index contributed by atoms with van der Waals surface area (Å²) >= 11 is 7.35. The number of hydrogen-bond donors (Lipinski definition) is 1. The van der Waals surface area contributed by atoms with Crippen molar-refractivity contribution in [1.29, 1.82) is 0 Å². The van der Waals surface area contributed by atoms with Crippen molar-refractivity contribution in [2.75, 3.05) is 6.54 Å². The van der Waals surface area contributed by atoms with Crippen LogP contribution in [0.4, 0.5) is 0 Å². The number of aromatic nitrogens is 1. The molecular weight excluding hydrogens is 368 g/mol. The number of thiazole rings is 1. The smallest absolute Gasteiger partial charge is 0.270 e. The summed E-state index contributed by atoms with van der Waals surface area (Å²) in [6.45, 7) is 3.09. The number of carbonyl (C=O) groups excluding carboxylic acids is 1. The van der Waals surface area contributed by atoms with Gasteiger partial charge in [0.2, 0.25) is 0 Å². The molecule has 3 rings (SSSR count). The number of rotatable bonds is 7. The van der Waals surface area contributed by atoms with Crippen molar-refractivity contribution in [3.05, 3.63) is 70.2 Å². The quantitative estimate of drug-likeness (QED) is 0.608. The molecule has 2 aromatic carbocycles. The van der Waals surface area contributed by atoms with Crippen LogP contribution in [-0.4, -0.2) is 17.4 Å². The molecule has 0 aliphatic rings. The number of carbonyl (C=O) groups is 1. The number of nitrogens with zero attached hydrogens (tertiary/aromatic N) is 1. The summed E-state index contributed by atoms with van der Waals surface area (Å²) in [5.41, 5.74) is 2.34. The molecule has 0 fully saturated rings. The van der Waals surface area contributed by atoms with Crippen molar-refractivity contribution >= 4 is 28.8 Å². The van der Waals surface area contributed by atoms with Crippen LogP contribution in [0, 0.1) is 0 Å². The minimum Gasteiger partial charge on any atom is -0.488 e. The fraction of sp³-hybridized carbons (Fsp3) is 0.200. The molecule has 0 aliphatic carbocycles. The molecule has 0 bridgehead atoms. The number of amides is 1. The Bertz CT molecular complexity index is 878. The number of hydrogen-bond acceptors (Lipinski definition) is 4. The maximum Gasteiger partial charge on any atom is 0.270 e. The second-order valence-electron chi connectivity index (χ2n) is 5.71. The maximum atomic E-state index is 12.1. The summed E-state index contributed by atoms with van der Waals surface area (Å²) in [5, 5.41) is 6.08. The lowest BCUT2D eigenvalue weighted by molar-refractivity contribution is 0.0949. The van der Waals surface area contributed by atoms with Gasteiger partial charge in [0.25, 0.3) is 5.91 Å². The number of ether oxygens (including phenoxy) is 1. The normalized spacial score (nSPS) is 10.5. The van der Waals surface area contributed by atoms with Gasteiger partial charge in [-0.3, -0.25) is 4.79 Å². The van der Waals surface area contributed by atoms with Crippen LogP contribution in [0.15, 0.2) is 53.9 Å². The van der Waals surface area contributed by atoms with E-state index < -0.39 is 0 Å². The van der Waals surface area contributed by atoms with Crippen molar-refractivity contribution in [1.82, 2.24) is 10.3 Å². The van der Waals surface area contributed by atoms with Crippen LogP contribution in [0.3, 0.4) is 0 Å². The highest BCUT2D eigenvalue weighted by Gasteiger charge is 2.14. The van der Waals surface area contributed by atoms with Crippen molar-refractivity contribution in [3.8, 4) is 16.3 Å². The average molecular weight is 387 g/mol. The van der Waals surface area contributed by atoms with Crippen LogP contribution >= 0.6 is 22.9 Å². The monoisotopic (exact) mass is 386 g/mol. The van der Waals surface area contributed by atoms with Crippen LogP contribution in [0.1, 0.15) is 29.4 Å². The van der Waals surface area contributed by atoms with Gasteiger partial charge in [0.15, 0.2) is 0 Å². The summed E-state index contributed by atoms with van der Waals surface area (Å²) < 4.78 is 5.98. The van der Waals surface area contributed by atoms with Gasteiger partial charge in [-0.25, -0.2) is 4.98 Å². The SMILES string of the molecule is CCCNC(=O)c1csc(-c2ccccc2OCc2ccc(Cl)cc2)n1. The van der Waals surface area contributed by atoms with E-state index in [1.165, 1.54) is 11.3 Å². The van der Waals surface area contributed by atoms with Gasteiger partial charge < -0.3 is 10.1 Å². The van der Waals surface area contributed by atoms with E-state index >= 15 is 0 Å². The predicted molar refractivity (Wildman–Crippen MR) is 106 cm³/mol. The highest BCUT2D eigenvalue weighted by Crippen LogP contribution is 2.32. The summed E-state index contributed by atoms with van der Waals surface area (Å²) in [7, 11) is 0. The Morgan fingerprint density at radius 1 is 1.19 bits per heavy atom. The summed E-state index contributed by atoms with van der Waals surface area (Å²) in [5.74, 6) is 0.589. The first-order valence-electron chi connectivity index (χ1n) is 8.37. The molecular formula is C20H19ClN2O2S. The topological polar surface area (TPSA) is 51.2 Å². The molecule has 0 radical (unpaired) electrons. The second kappa shape index (κ2) is 8.83. The van der Waals surface area contributed by atoms with E-state index in [1.54, 1.807) is 5.38 Å². The molecule has 0 spiro atoms. The third-order valence-corrected chi connectivity index (χ3v) is 4.82. The molecule has 1 amide bonds. The van der Waals surface area contributed by atoms with Crippen molar-refractivity contribution < 1.29 is 9.53 Å². The molecule has 1 heterocycles. The lowest BCUT2D eigenvalue weighted by Gasteiger charge is -2.10. The molecule has 0 saturated heterocycles. The van der Waals surface area contributed by atoms with Gasteiger partial charge in [-0.05, 0) is 36.2 Å². The molecule has 0 atom stereocenters. The number of benzene rings is 2. The molecule has 134 valence electrons. The fourth-order valence-electron chi connectivity index (χ4n) is 2.34. The van der Waals surface area contributed by atoms with Crippen LogP contribution in [0.25, 0.3) is 10.6 Å². The van der Waals surface area contributed by atoms with Crippen LogP contribution < -0.4 is 10.1 Å². The first kappa shape index (κ1) is 18.4. The Labute approximate surface area is 161 Å². The Hall–Kier alpha value is -2.37. The Morgan fingerprint density at radius 3 is 2.73 bits per heavy atom. The third-order valence-electron chi connectivity index (χ3n) is 3.70. The van der Waals surface area contributed by atoms with E-state index in [2.05, 4.69) is 10.3 Å². The Morgan fingerprint density at radius 2 is 1.96 bits per heavy atom.